The summed E-state index contributed by atoms with van der Waals surface area (Å²) in [6, 6.07) is 3.21. The molecule has 6 heteroatoms. The predicted octanol–water partition coefficient (Wildman–Crippen LogP) is 4.87. The Morgan fingerprint density at radius 1 is 1.19 bits per heavy atom. The highest BCUT2D eigenvalue weighted by atomic mass is 35.5. The standard InChI is InChI=1S/C15H22Cl3NO2/c1-10(2)4-3-5-21-9-12(20)8-19-15-13(17)6-11(16)7-14(15)18/h6-7,10,12,19-20H,3-5,8-9H2,1-2H3. The van der Waals surface area contributed by atoms with E-state index in [2.05, 4.69) is 19.2 Å². The molecule has 0 fully saturated rings. The van der Waals surface area contributed by atoms with Gasteiger partial charge in [0.25, 0.3) is 0 Å². The van der Waals surface area contributed by atoms with E-state index in [0.717, 1.165) is 12.8 Å². The second-order valence-corrected chi connectivity index (χ2v) is 6.64. The number of rotatable bonds is 9. The zero-order chi connectivity index (χ0) is 15.8. The molecule has 1 unspecified atom stereocenters. The van der Waals surface area contributed by atoms with Crippen molar-refractivity contribution in [3.8, 4) is 0 Å². The van der Waals surface area contributed by atoms with Gasteiger partial charge < -0.3 is 15.2 Å². The molecular weight excluding hydrogens is 333 g/mol. The average Bonchev–Trinajstić information content (AvgIpc) is 2.36. The SMILES string of the molecule is CC(C)CCCOCC(O)CNc1c(Cl)cc(Cl)cc1Cl. The van der Waals surface area contributed by atoms with Crippen molar-refractivity contribution in [1.82, 2.24) is 0 Å². The Balaban J connectivity index is 2.29. The van der Waals surface area contributed by atoms with Crippen LogP contribution in [0.2, 0.25) is 15.1 Å². The largest absolute Gasteiger partial charge is 0.389 e. The first-order valence-electron chi connectivity index (χ1n) is 7.04. The third kappa shape index (κ3) is 7.57. The van der Waals surface area contributed by atoms with E-state index in [1.54, 1.807) is 12.1 Å². The van der Waals surface area contributed by atoms with E-state index in [1.165, 1.54) is 0 Å². The van der Waals surface area contributed by atoms with Crippen LogP contribution in [0.5, 0.6) is 0 Å². The van der Waals surface area contributed by atoms with Crippen LogP contribution in [-0.2, 0) is 4.74 Å². The van der Waals surface area contributed by atoms with E-state index in [4.69, 9.17) is 39.5 Å². The quantitative estimate of drug-likeness (QED) is 0.621. The Hall–Kier alpha value is -0.190. The van der Waals surface area contributed by atoms with Crippen molar-refractivity contribution < 1.29 is 9.84 Å². The number of hydrogen-bond acceptors (Lipinski definition) is 3. The van der Waals surface area contributed by atoms with E-state index < -0.39 is 6.10 Å². The monoisotopic (exact) mass is 353 g/mol. The Morgan fingerprint density at radius 2 is 1.81 bits per heavy atom. The molecule has 120 valence electrons. The predicted molar refractivity (Wildman–Crippen MR) is 90.9 cm³/mol. The first-order valence-corrected chi connectivity index (χ1v) is 8.17. The summed E-state index contributed by atoms with van der Waals surface area (Å²) in [5, 5.41) is 14.2. The summed E-state index contributed by atoms with van der Waals surface area (Å²) in [4.78, 5) is 0. The van der Waals surface area contributed by atoms with Gasteiger partial charge >= 0.3 is 0 Å². The minimum absolute atomic E-state index is 0.286. The van der Waals surface area contributed by atoms with E-state index in [0.29, 0.717) is 39.8 Å². The molecule has 0 aliphatic rings. The topological polar surface area (TPSA) is 41.5 Å². The van der Waals surface area contributed by atoms with Crippen LogP contribution in [0.25, 0.3) is 0 Å². The maximum Gasteiger partial charge on any atom is 0.0945 e. The van der Waals surface area contributed by atoms with Crippen molar-refractivity contribution in [3.05, 3.63) is 27.2 Å². The summed E-state index contributed by atoms with van der Waals surface area (Å²) in [5.41, 5.74) is 0.571. The highest BCUT2D eigenvalue weighted by molar-refractivity contribution is 6.41. The van der Waals surface area contributed by atoms with Gasteiger partial charge in [-0.05, 0) is 30.9 Å². The smallest absolute Gasteiger partial charge is 0.0945 e. The molecule has 0 amide bonds. The molecule has 0 heterocycles. The molecule has 1 atom stereocenters. The first-order chi connectivity index (χ1) is 9.90. The fourth-order valence-corrected chi connectivity index (χ4v) is 2.75. The van der Waals surface area contributed by atoms with Crippen LogP contribution in [0.15, 0.2) is 12.1 Å². The molecule has 0 spiro atoms. The van der Waals surface area contributed by atoms with Gasteiger partial charge in [0.2, 0.25) is 0 Å². The molecular formula is C15H22Cl3NO2. The van der Waals surface area contributed by atoms with Gasteiger partial charge in [0, 0.05) is 18.2 Å². The van der Waals surface area contributed by atoms with E-state index in [-0.39, 0.29) is 6.61 Å². The molecule has 3 nitrogen and oxygen atoms in total. The lowest BCUT2D eigenvalue weighted by Crippen LogP contribution is -2.25. The number of aliphatic hydroxyl groups excluding tert-OH is 1. The fraction of sp³-hybridized carbons (Fsp3) is 0.600. The lowest BCUT2D eigenvalue weighted by molar-refractivity contribution is 0.0409. The number of aliphatic hydroxyl groups is 1. The Kier molecular flexibility index (Phi) is 8.76. The summed E-state index contributed by atoms with van der Waals surface area (Å²) in [6.07, 6.45) is 1.52. The average molecular weight is 355 g/mol. The minimum Gasteiger partial charge on any atom is -0.389 e. The highest BCUT2D eigenvalue weighted by Crippen LogP contribution is 2.33. The van der Waals surface area contributed by atoms with Gasteiger partial charge in [-0.25, -0.2) is 0 Å². The lowest BCUT2D eigenvalue weighted by atomic mass is 10.1. The van der Waals surface area contributed by atoms with E-state index >= 15 is 0 Å². The summed E-state index contributed by atoms with van der Waals surface area (Å²) < 4.78 is 5.44. The van der Waals surface area contributed by atoms with Crippen molar-refractivity contribution in [1.29, 1.82) is 0 Å². The van der Waals surface area contributed by atoms with E-state index in [9.17, 15) is 5.11 Å². The van der Waals surface area contributed by atoms with Crippen molar-refractivity contribution in [3.63, 3.8) is 0 Å². The highest BCUT2D eigenvalue weighted by Gasteiger charge is 2.10. The molecule has 0 radical (unpaired) electrons. The van der Waals surface area contributed by atoms with Crippen molar-refractivity contribution in [2.24, 2.45) is 5.92 Å². The van der Waals surface area contributed by atoms with Crippen molar-refractivity contribution in [2.75, 3.05) is 25.1 Å². The number of hydrogen-bond donors (Lipinski definition) is 2. The summed E-state index contributed by atoms with van der Waals surface area (Å²) in [7, 11) is 0. The van der Waals surface area contributed by atoms with Crippen LogP contribution in [0.1, 0.15) is 26.7 Å². The van der Waals surface area contributed by atoms with Gasteiger partial charge in [-0.15, -0.1) is 0 Å². The molecule has 0 bridgehead atoms. The van der Waals surface area contributed by atoms with Gasteiger partial charge in [-0.3, -0.25) is 0 Å². The molecule has 1 rings (SSSR count). The van der Waals surface area contributed by atoms with Crippen LogP contribution in [0, 0.1) is 5.92 Å². The van der Waals surface area contributed by atoms with Gasteiger partial charge in [-0.1, -0.05) is 48.7 Å². The van der Waals surface area contributed by atoms with Crippen molar-refractivity contribution in [2.45, 2.75) is 32.8 Å². The minimum atomic E-state index is -0.619. The van der Waals surface area contributed by atoms with Crippen LogP contribution in [-0.4, -0.2) is 31.0 Å². The van der Waals surface area contributed by atoms with Crippen LogP contribution < -0.4 is 5.32 Å². The fourth-order valence-electron chi connectivity index (χ4n) is 1.80. The lowest BCUT2D eigenvalue weighted by Gasteiger charge is -2.15. The van der Waals surface area contributed by atoms with Gasteiger partial charge in [-0.2, -0.15) is 0 Å². The molecule has 0 aromatic heterocycles. The second-order valence-electron chi connectivity index (χ2n) is 5.39. The zero-order valence-electron chi connectivity index (χ0n) is 12.3. The third-order valence-electron chi connectivity index (χ3n) is 2.90. The summed E-state index contributed by atoms with van der Waals surface area (Å²) in [5.74, 6) is 0.675. The number of nitrogens with one attached hydrogen (secondary N) is 1. The van der Waals surface area contributed by atoms with Gasteiger partial charge in [0.05, 0.1) is 28.4 Å². The number of anilines is 1. The summed E-state index contributed by atoms with van der Waals surface area (Å²) in [6.45, 7) is 5.62. The third-order valence-corrected chi connectivity index (χ3v) is 3.72. The Labute approximate surface area is 141 Å². The number of benzene rings is 1. The van der Waals surface area contributed by atoms with E-state index in [1.807, 2.05) is 0 Å². The molecule has 21 heavy (non-hydrogen) atoms. The molecule has 0 aliphatic heterocycles. The molecule has 2 N–H and O–H groups in total. The summed E-state index contributed by atoms with van der Waals surface area (Å²) >= 11 is 17.9. The van der Waals surface area contributed by atoms with Crippen LogP contribution >= 0.6 is 34.8 Å². The maximum atomic E-state index is 9.86. The zero-order valence-corrected chi connectivity index (χ0v) is 14.6. The van der Waals surface area contributed by atoms with Gasteiger partial charge in [0.15, 0.2) is 0 Å². The molecule has 0 saturated carbocycles. The normalized spacial score (nSPS) is 12.7. The first kappa shape index (κ1) is 18.9. The van der Waals surface area contributed by atoms with Gasteiger partial charge in [0.1, 0.15) is 0 Å². The van der Waals surface area contributed by atoms with Crippen LogP contribution in [0.3, 0.4) is 0 Å². The Bertz CT molecular complexity index is 418. The number of ether oxygens (including phenoxy) is 1. The number of halogens is 3. The molecule has 0 saturated heterocycles. The maximum absolute atomic E-state index is 9.86. The van der Waals surface area contributed by atoms with Crippen LogP contribution in [0.4, 0.5) is 5.69 Å². The second kappa shape index (κ2) is 9.75. The Morgan fingerprint density at radius 3 is 2.38 bits per heavy atom. The van der Waals surface area contributed by atoms with Crippen molar-refractivity contribution >= 4 is 40.5 Å². The molecule has 0 aliphatic carbocycles. The molecule has 1 aromatic rings. The molecule has 1 aromatic carbocycles.